The van der Waals surface area contributed by atoms with Gasteiger partial charge in [0.1, 0.15) is 0 Å². The molecule has 8 nitrogen and oxygen atoms in total. The lowest BCUT2D eigenvalue weighted by Gasteiger charge is -2.08. The van der Waals surface area contributed by atoms with E-state index in [9.17, 15) is 13.2 Å². The van der Waals surface area contributed by atoms with Crippen LogP contribution in [-0.4, -0.2) is 31.1 Å². The molecular weight excluding hydrogens is 368 g/mol. The zero-order valence-corrected chi connectivity index (χ0v) is 15.5. The molecule has 0 radical (unpaired) electrons. The second-order valence-corrected chi connectivity index (χ2v) is 7.51. The number of nitrogens with one attached hydrogen (secondary N) is 1. The quantitative estimate of drug-likeness (QED) is 0.403. The molecule has 2 aromatic carbocycles. The zero-order valence-electron chi connectivity index (χ0n) is 14.7. The molecule has 0 spiro atoms. The number of oxime groups is 1. The van der Waals surface area contributed by atoms with Crippen molar-refractivity contribution in [1.82, 2.24) is 9.88 Å². The van der Waals surface area contributed by atoms with Gasteiger partial charge in [-0.05, 0) is 40.5 Å². The van der Waals surface area contributed by atoms with Crippen LogP contribution in [0.5, 0.6) is 0 Å². The number of aryl methyl sites for hydroxylation is 1. The van der Waals surface area contributed by atoms with E-state index in [2.05, 4.69) is 14.8 Å². The third kappa shape index (κ3) is 4.26. The van der Waals surface area contributed by atoms with Crippen LogP contribution in [0.1, 0.15) is 10.4 Å². The number of benzene rings is 2. The molecule has 0 atom stereocenters. The van der Waals surface area contributed by atoms with Gasteiger partial charge in [-0.1, -0.05) is 24.3 Å². The Morgan fingerprint density at radius 3 is 2.67 bits per heavy atom. The minimum absolute atomic E-state index is 0.345. The average molecular weight is 386 g/mol. The summed E-state index contributed by atoms with van der Waals surface area (Å²) in [6.45, 7) is 0. The largest absolute Gasteiger partial charge is 0.367 e. The van der Waals surface area contributed by atoms with Gasteiger partial charge >= 0.3 is 10.1 Å². The van der Waals surface area contributed by atoms with Gasteiger partial charge in [-0.15, -0.1) is 0 Å². The van der Waals surface area contributed by atoms with E-state index in [0.717, 1.165) is 28.3 Å². The van der Waals surface area contributed by atoms with E-state index in [-0.39, 0.29) is 0 Å². The maximum absolute atomic E-state index is 12.3. The number of carbonyl (C=O) groups excluding carboxylic acids is 1. The lowest BCUT2D eigenvalue weighted by atomic mass is 9.99. The monoisotopic (exact) mass is 386 g/mol. The van der Waals surface area contributed by atoms with Crippen molar-refractivity contribution in [2.75, 3.05) is 6.26 Å². The van der Waals surface area contributed by atoms with Gasteiger partial charge in [0.15, 0.2) is 0 Å². The van der Waals surface area contributed by atoms with Crippen LogP contribution in [0.4, 0.5) is 0 Å². The summed E-state index contributed by atoms with van der Waals surface area (Å²) < 4.78 is 28.0. The molecule has 9 heteroatoms. The second-order valence-electron chi connectivity index (χ2n) is 5.96. The first-order valence-corrected chi connectivity index (χ1v) is 9.74. The molecule has 0 saturated heterocycles. The maximum Gasteiger partial charge on any atom is 0.325 e. The van der Waals surface area contributed by atoms with Gasteiger partial charge in [-0.25, -0.2) is 0 Å². The summed E-state index contributed by atoms with van der Waals surface area (Å²) in [6.07, 6.45) is 2.79. The molecule has 140 valence electrons. The van der Waals surface area contributed by atoms with Crippen LogP contribution < -0.4 is 11.1 Å². The zero-order chi connectivity index (χ0) is 19.6. The molecule has 0 saturated carbocycles. The number of hydrogen-bond acceptors (Lipinski definition) is 5. The molecule has 3 rings (SSSR count). The normalized spacial score (nSPS) is 12.1. The molecule has 1 amide bonds. The first-order chi connectivity index (χ1) is 12.7. The van der Waals surface area contributed by atoms with Gasteiger partial charge in [-0.2, -0.15) is 8.42 Å². The van der Waals surface area contributed by atoms with Crippen LogP contribution in [0.25, 0.3) is 22.0 Å². The predicted molar refractivity (Wildman–Crippen MR) is 103 cm³/mol. The van der Waals surface area contributed by atoms with Crippen LogP contribution in [0.15, 0.2) is 59.9 Å². The highest BCUT2D eigenvalue weighted by Gasteiger charge is 2.11. The Balaban J connectivity index is 1.88. The van der Waals surface area contributed by atoms with Crippen molar-refractivity contribution >= 4 is 32.9 Å². The average Bonchev–Trinajstić information content (AvgIpc) is 3.01. The van der Waals surface area contributed by atoms with Crippen LogP contribution in [0.2, 0.25) is 0 Å². The van der Waals surface area contributed by atoms with Crippen molar-refractivity contribution in [3.63, 3.8) is 0 Å². The minimum atomic E-state index is -3.80. The molecule has 27 heavy (non-hydrogen) atoms. The molecule has 0 bridgehead atoms. The van der Waals surface area contributed by atoms with Gasteiger partial charge in [0, 0.05) is 29.7 Å². The Labute approximate surface area is 156 Å². The number of guanidine groups is 1. The fourth-order valence-corrected chi connectivity index (χ4v) is 2.92. The molecular formula is C18H18N4O4S. The van der Waals surface area contributed by atoms with Crippen LogP contribution in [0.3, 0.4) is 0 Å². The van der Waals surface area contributed by atoms with Gasteiger partial charge in [0.2, 0.25) is 5.96 Å². The third-order valence-electron chi connectivity index (χ3n) is 3.88. The van der Waals surface area contributed by atoms with Crippen molar-refractivity contribution in [3.8, 4) is 11.1 Å². The molecule has 0 aliphatic rings. The van der Waals surface area contributed by atoms with E-state index in [1.807, 2.05) is 48.1 Å². The fourth-order valence-electron chi connectivity index (χ4n) is 2.70. The van der Waals surface area contributed by atoms with Crippen LogP contribution in [0, 0.1) is 0 Å². The summed E-state index contributed by atoms with van der Waals surface area (Å²) in [5.41, 5.74) is 8.75. The third-order valence-corrected chi connectivity index (χ3v) is 4.22. The van der Waals surface area contributed by atoms with E-state index in [1.165, 1.54) is 0 Å². The number of nitrogens with zero attached hydrogens (tertiary/aromatic N) is 2. The first-order valence-electron chi connectivity index (χ1n) is 7.92. The van der Waals surface area contributed by atoms with Crippen LogP contribution >= 0.6 is 0 Å². The molecule has 0 aliphatic heterocycles. The smallest absolute Gasteiger partial charge is 0.325 e. The number of nitrogens with two attached hydrogens (primary N) is 1. The second kappa shape index (κ2) is 7.12. The molecule has 0 unspecified atom stereocenters. The Kier molecular flexibility index (Phi) is 4.87. The molecule has 0 fully saturated rings. The van der Waals surface area contributed by atoms with Crippen molar-refractivity contribution < 1.29 is 17.5 Å². The first kappa shape index (κ1) is 18.5. The van der Waals surface area contributed by atoms with Crippen LogP contribution in [-0.2, 0) is 21.4 Å². The van der Waals surface area contributed by atoms with Gasteiger partial charge in [0.05, 0.1) is 6.26 Å². The molecule has 3 N–H and O–H groups in total. The molecule has 1 heterocycles. The summed E-state index contributed by atoms with van der Waals surface area (Å²) in [5, 5.41) is 6.51. The van der Waals surface area contributed by atoms with Crippen molar-refractivity contribution in [2.45, 2.75) is 0 Å². The number of rotatable bonds is 4. The lowest BCUT2D eigenvalue weighted by Crippen LogP contribution is -2.37. The Morgan fingerprint density at radius 1 is 1.19 bits per heavy atom. The van der Waals surface area contributed by atoms with Crippen molar-refractivity contribution in [1.29, 1.82) is 0 Å². The number of carbonyl (C=O) groups is 1. The predicted octanol–water partition coefficient (Wildman–Crippen LogP) is 1.78. The minimum Gasteiger partial charge on any atom is -0.367 e. The SMILES string of the molecule is Cn1ccc2c(-c3cccc(C(=O)NC(N)=NOS(C)(=O)=O)c3)cccc21. The maximum atomic E-state index is 12.3. The lowest BCUT2D eigenvalue weighted by molar-refractivity contribution is 0.0975. The topological polar surface area (TPSA) is 116 Å². The van der Waals surface area contributed by atoms with E-state index < -0.39 is 22.0 Å². The Hall–Kier alpha value is -3.33. The summed E-state index contributed by atoms with van der Waals surface area (Å²) >= 11 is 0. The Bertz CT molecular complexity index is 1150. The summed E-state index contributed by atoms with van der Waals surface area (Å²) in [6, 6.07) is 15.0. The fraction of sp³-hybridized carbons (Fsp3) is 0.111. The Morgan fingerprint density at radius 2 is 1.93 bits per heavy atom. The van der Waals surface area contributed by atoms with Gasteiger partial charge in [-0.3, -0.25) is 14.4 Å². The van der Waals surface area contributed by atoms with Gasteiger partial charge in [0.25, 0.3) is 5.91 Å². The van der Waals surface area contributed by atoms with E-state index in [1.54, 1.807) is 18.2 Å². The summed E-state index contributed by atoms with van der Waals surface area (Å²) in [7, 11) is -1.83. The van der Waals surface area contributed by atoms with E-state index in [4.69, 9.17) is 5.73 Å². The highest BCUT2D eigenvalue weighted by atomic mass is 32.2. The van der Waals surface area contributed by atoms with E-state index >= 15 is 0 Å². The van der Waals surface area contributed by atoms with E-state index in [0.29, 0.717) is 5.56 Å². The summed E-state index contributed by atoms with van der Waals surface area (Å²) in [4.78, 5) is 12.3. The number of fused-ring (bicyclic) bond motifs is 1. The number of hydrogen-bond donors (Lipinski definition) is 2. The summed E-state index contributed by atoms with van der Waals surface area (Å²) in [5.74, 6) is -0.989. The van der Waals surface area contributed by atoms with Crippen molar-refractivity contribution in [2.24, 2.45) is 17.9 Å². The highest BCUT2D eigenvalue weighted by molar-refractivity contribution is 7.85. The molecule has 0 aliphatic carbocycles. The van der Waals surface area contributed by atoms with Gasteiger partial charge < -0.3 is 10.3 Å². The molecule has 1 aromatic heterocycles. The van der Waals surface area contributed by atoms with Crippen molar-refractivity contribution in [3.05, 3.63) is 60.3 Å². The standard InChI is InChI=1S/C18H18N4O4S/c1-22-10-9-15-14(7-4-8-16(15)22)12-5-3-6-13(11-12)17(23)20-18(19)21-26-27(2,24)25/h3-11H,1-2H3,(H3,19,20,21,23). The highest BCUT2D eigenvalue weighted by Crippen LogP contribution is 2.29. The number of aromatic nitrogens is 1. The number of amides is 1. The molecule has 3 aromatic rings.